The first-order valence-electron chi connectivity index (χ1n) is 9.04. The lowest BCUT2D eigenvalue weighted by atomic mass is 9.46. The van der Waals surface area contributed by atoms with E-state index in [1.165, 1.54) is 5.57 Å². The summed E-state index contributed by atoms with van der Waals surface area (Å²) in [6, 6.07) is 0. The molecule has 2 rings (SSSR count). The van der Waals surface area contributed by atoms with Gasteiger partial charge in [-0.3, -0.25) is 0 Å². The topological polar surface area (TPSA) is 77.8 Å². The molecule has 0 radical (unpaired) electrons. The number of hydrogen-bond donors (Lipinski definition) is 3. The predicted octanol–water partition coefficient (Wildman–Crippen LogP) is 3.54. The minimum atomic E-state index is -1.00. The normalized spacial score (nSPS) is 40.0. The second kappa shape index (κ2) is 7.01. The third-order valence-corrected chi connectivity index (χ3v) is 7.19. The molecule has 2 aliphatic rings. The lowest BCUT2D eigenvalue weighted by molar-refractivity contribution is -0.131. The second-order valence-electron chi connectivity index (χ2n) is 8.26. The maximum atomic E-state index is 10.9. The van der Waals surface area contributed by atoms with E-state index in [9.17, 15) is 15.0 Å². The zero-order valence-electron chi connectivity index (χ0n) is 15.4. The minimum Gasteiger partial charge on any atom is -0.478 e. The van der Waals surface area contributed by atoms with E-state index < -0.39 is 5.97 Å². The SMILES string of the molecule is CC1=CCC[C@@H]2[C@@](C)(CC/C(=C\C(=O)O)CO)[C@H](C)C[C@H](O)[C@@]12C. The average molecular weight is 336 g/mol. The van der Waals surface area contributed by atoms with Crippen LogP contribution >= 0.6 is 0 Å². The summed E-state index contributed by atoms with van der Waals surface area (Å²) in [5.41, 5.74) is 1.69. The fraction of sp³-hybridized carbons (Fsp3) is 0.750. The van der Waals surface area contributed by atoms with Gasteiger partial charge in [0, 0.05) is 11.5 Å². The van der Waals surface area contributed by atoms with Gasteiger partial charge < -0.3 is 15.3 Å². The van der Waals surface area contributed by atoms with Crippen molar-refractivity contribution in [1.29, 1.82) is 0 Å². The van der Waals surface area contributed by atoms with Gasteiger partial charge in [0.05, 0.1) is 12.7 Å². The summed E-state index contributed by atoms with van der Waals surface area (Å²) >= 11 is 0. The smallest absolute Gasteiger partial charge is 0.328 e. The maximum absolute atomic E-state index is 10.9. The summed E-state index contributed by atoms with van der Waals surface area (Å²) < 4.78 is 0. The molecule has 0 aliphatic heterocycles. The molecule has 0 unspecified atom stereocenters. The van der Waals surface area contributed by atoms with E-state index in [2.05, 4.69) is 33.8 Å². The standard InChI is InChI=1S/C20H32O4/c1-13-6-5-7-16-19(3,9-8-15(12-21)11-18(23)24)14(2)10-17(22)20(13,16)4/h6,11,14,16-17,21-22H,5,7-10,12H2,1-4H3,(H,23,24)/b15-11+/t14-,16-,17+,19+,20+/m1/s1. The fourth-order valence-corrected chi connectivity index (χ4v) is 5.19. The molecule has 2 aliphatic carbocycles. The Morgan fingerprint density at radius 3 is 2.67 bits per heavy atom. The van der Waals surface area contributed by atoms with Crippen LogP contribution in [-0.2, 0) is 4.79 Å². The molecule has 0 aromatic carbocycles. The minimum absolute atomic E-state index is 0.0241. The van der Waals surface area contributed by atoms with Gasteiger partial charge in [0.1, 0.15) is 0 Å². The second-order valence-corrected chi connectivity index (χ2v) is 8.26. The van der Waals surface area contributed by atoms with Gasteiger partial charge in [-0.1, -0.05) is 32.4 Å². The van der Waals surface area contributed by atoms with E-state index in [0.717, 1.165) is 31.8 Å². The van der Waals surface area contributed by atoms with Crippen LogP contribution in [0.2, 0.25) is 0 Å². The summed E-state index contributed by atoms with van der Waals surface area (Å²) in [5.74, 6) is -0.266. The third kappa shape index (κ3) is 3.18. The lowest BCUT2D eigenvalue weighted by Crippen LogP contribution is -2.56. The Labute approximate surface area is 145 Å². The highest BCUT2D eigenvalue weighted by Crippen LogP contribution is 2.61. The van der Waals surface area contributed by atoms with Crippen molar-refractivity contribution in [1.82, 2.24) is 0 Å². The Balaban J connectivity index is 2.29. The summed E-state index contributed by atoms with van der Waals surface area (Å²) in [6.07, 6.45) is 7.38. The van der Waals surface area contributed by atoms with Crippen LogP contribution in [0.15, 0.2) is 23.3 Å². The highest BCUT2D eigenvalue weighted by molar-refractivity contribution is 5.80. The zero-order valence-corrected chi connectivity index (χ0v) is 15.4. The van der Waals surface area contributed by atoms with Gasteiger partial charge in [0.25, 0.3) is 0 Å². The lowest BCUT2D eigenvalue weighted by Gasteiger charge is -2.60. The van der Waals surface area contributed by atoms with E-state index >= 15 is 0 Å². The number of aliphatic carboxylic acids is 1. The average Bonchev–Trinajstić information content (AvgIpc) is 2.51. The van der Waals surface area contributed by atoms with Gasteiger partial charge in [-0.05, 0) is 61.9 Å². The molecule has 4 heteroatoms. The van der Waals surface area contributed by atoms with Crippen LogP contribution in [0.4, 0.5) is 0 Å². The fourth-order valence-electron chi connectivity index (χ4n) is 5.19. The number of rotatable bonds is 5. The number of aliphatic hydroxyl groups excluding tert-OH is 2. The number of carboxylic acid groups (broad SMARTS) is 1. The van der Waals surface area contributed by atoms with Crippen molar-refractivity contribution < 1.29 is 20.1 Å². The van der Waals surface area contributed by atoms with Crippen molar-refractivity contribution in [2.24, 2.45) is 22.7 Å². The van der Waals surface area contributed by atoms with Crippen LogP contribution in [0.5, 0.6) is 0 Å². The largest absolute Gasteiger partial charge is 0.478 e. The number of carbonyl (C=O) groups is 1. The van der Waals surface area contributed by atoms with E-state index in [1.807, 2.05) is 0 Å². The van der Waals surface area contributed by atoms with Crippen LogP contribution in [0.1, 0.15) is 59.8 Å². The molecule has 0 spiro atoms. The molecule has 136 valence electrons. The number of allylic oxidation sites excluding steroid dienone is 1. The van der Waals surface area contributed by atoms with Gasteiger partial charge in [-0.15, -0.1) is 0 Å². The van der Waals surface area contributed by atoms with E-state index in [0.29, 0.717) is 23.8 Å². The Morgan fingerprint density at radius 2 is 2.08 bits per heavy atom. The van der Waals surface area contributed by atoms with E-state index in [-0.39, 0.29) is 23.5 Å². The zero-order chi connectivity index (χ0) is 18.1. The van der Waals surface area contributed by atoms with Crippen molar-refractivity contribution in [3.63, 3.8) is 0 Å². The first kappa shape index (κ1) is 19.2. The summed E-state index contributed by atoms with van der Waals surface area (Å²) in [4.78, 5) is 10.9. The van der Waals surface area contributed by atoms with Gasteiger partial charge in [0.15, 0.2) is 0 Å². The van der Waals surface area contributed by atoms with Crippen LogP contribution in [-0.4, -0.2) is 34.0 Å². The number of hydrogen-bond acceptors (Lipinski definition) is 3. The van der Waals surface area contributed by atoms with Crippen LogP contribution in [0.3, 0.4) is 0 Å². The van der Waals surface area contributed by atoms with Crippen molar-refractivity contribution in [3.8, 4) is 0 Å². The highest BCUT2D eigenvalue weighted by Gasteiger charge is 2.56. The molecule has 0 aromatic rings. The first-order valence-corrected chi connectivity index (χ1v) is 9.04. The molecule has 1 fully saturated rings. The van der Waals surface area contributed by atoms with Crippen molar-refractivity contribution in [2.75, 3.05) is 6.61 Å². The predicted molar refractivity (Wildman–Crippen MR) is 94.5 cm³/mol. The number of fused-ring (bicyclic) bond motifs is 1. The molecule has 1 saturated carbocycles. The van der Waals surface area contributed by atoms with Crippen LogP contribution in [0.25, 0.3) is 0 Å². The van der Waals surface area contributed by atoms with E-state index in [4.69, 9.17) is 5.11 Å². The van der Waals surface area contributed by atoms with Crippen molar-refractivity contribution >= 4 is 5.97 Å². The molecule has 4 nitrogen and oxygen atoms in total. The Morgan fingerprint density at radius 1 is 1.42 bits per heavy atom. The third-order valence-electron chi connectivity index (χ3n) is 7.19. The molecule has 5 atom stereocenters. The summed E-state index contributed by atoms with van der Waals surface area (Å²) in [7, 11) is 0. The molecule has 0 heterocycles. The molecule has 0 amide bonds. The van der Waals surface area contributed by atoms with Crippen LogP contribution < -0.4 is 0 Å². The van der Waals surface area contributed by atoms with Gasteiger partial charge in [-0.2, -0.15) is 0 Å². The maximum Gasteiger partial charge on any atom is 0.328 e. The highest BCUT2D eigenvalue weighted by atomic mass is 16.4. The first-order chi connectivity index (χ1) is 11.2. The van der Waals surface area contributed by atoms with Gasteiger partial charge >= 0.3 is 5.97 Å². The molecule has 24 heavy (non-hydrogen) atoms. The van der Waals surface area contributed by atoms with Gasteiger partial charge in [0.2, 0.25) is 0 Å². The number of aliphatic hydroxyl groups is 2. The molecular weight excluding hydrogens is 304 g/mol. The van der Waals surface area contributed by atoms with Crippen LogP contribution in [0, 0.1) is 22.7 Å². The molecule has 0 saturated heterocycles. The molecule has 0 bridgehead atoms. The summed E-state index contributed by atoms with van der Waals surface area (Å²) in [6.45, 7) is 8.61. The van der Waals surface area contributed by atoms with Crippen molar-refractivity contribution in [2.45, 2.75) is 65.9 Å². The Bertz CT molecular complexity index is 550. The summed E-state index contributed by atoms with van der Waals surface area (Å²) in [5, 5.41) is 29.2. The monoisotopic (exact) mass is 336 g/mol. The molecule has 0 aromatic heterocycles. The van der Waals surface area contributed by atoms with Gasteiger partial charge in [-0.25, -0.2) is 4.79 Å². The van der Waals surface area contributed by atoms with E-state index in [1.54, 1.807) is 0 Å². The molecular formula is C20H32O4. The quantitative estimate of drug-likeness (QED) is 0.530. The number of carboxylic acids is 1. The molecule has 3 N–H and O–H groups in total. The Hall–Kier alpha value is -1.13. The van der Waals surface area contributed by atoms with Crippen molar-refractivity contribution in [3.05, 3.63) is 23.3 Å². The Kier molecular flexibility index (Phi) is 5.61.